The van der Waals surface area contributed by atoms with Gasteiger partial charge >= 0.3 is 0 Å². The van der Waals surface area contributed by atoms with Crippen molar-refractivity contribution in [3.63, 3.8) is 0 Å². The van der Waals surface area contributed by atoms with E-state index in [0.29, 0.717) is 26.0 Å². The molecule has 2 aliphatic rings. The van der Waals surface area contributed by atoms with Gasteiger partial charge in [0.15, 0.2) is 11.3 Å². The molecule has 30 heavy (non-hydrogen) atoms. The predicted molar refractivity (Wildman–Crippen MR) is 115 cm³/mol. The van der Waals surface area contributed by atoms with E-state index >= 15 is 0 Å². The summed E-state index contributed by atoms with van der Waals surface area (Å²) in [5.41, 5.74) is 1.95. The number of piperidine rings is 1. The molecule has 1 aromatic heterocycles. The van der Waals surface area contributed by atoms with E-state index in [9.17, 15) is 9.59 Å². The van der Waals surface area contributed by atoms with Crippen LogP contribution in [0.25, 0.3) is 11.0 Å². The van der Waals surface area contributed by atoms with Crippen LogP contribution in [0.3, 0.4) is 0 Å². The van der Waals surface area contributed by atoms with Gasteiger partial charge in [0.2, 0.25) is 11.8 Å². The summed E-state index contributed by atoms with van der Waals surface area (Å²) in [7, 11) is 0. The summed E-state index contributed by atoms with van der Waals surface area (Å²) in [6.07, 6.45) is 3.69. The second kappa shape index (κ2) is 8.42. The molecule has 0 atom stereocenters. The molecule has 4 rings (SSSR count). The second-order valence-corrected chi connectivity index (χ2v) is 9.26. The molecule has 1 aromatic carbocycles. The minimum Gasteiger partial charge on any atom is -0.490 e. The van der Waals surface area contributed by atoms with E-state index < -0.39 is 0 Å². The molecule has 3 heterocycles. The van der Waals surface area contributed by atoms with E-state index in [1.807, 2.05) is 32.9 Å². The first-order valence-electron chi connectivity index (χ1n) is 11.1. The third-order valence-corrected chi connectivity index (χ3v) is 6.18. The molecule has 6 heteroatoms. The number of ether oxygens (including phenoxy) is 1. The molecule has 0 unspecified atom stereocenters. The van der Waals surface area contributed by atoms with Crippen molar-refractivity contribution in [1.29, 1.82) is 0 Å². The van der Waals surface area contributed by atoms with Crippen molar-refractivity contribution in [1.82, 2.24) is 9.80 Å². The van der Waals surface area contributed by atoms with E-state index in [2.05, 4.69) is 11.0 Å². The lowest BCUT2D eigenvalue weighted by molar-refractivity contribution is -0.152. The molecule has 2 aromatic rings. The Balaban J connectivity index is 1.31. The number of carbonyl (C=O) groups is 2. The molecule has 0 N–H and O–H groups in total. The molecule has 0 saturated carbocycles. The fraction of sp³-hybridized carbons (Fsp3) is 0.583. The fourth-order valence-corrected chi connectivity index (χ4v) is 4.67. The summed E-state index contributed by atoms with van der Waals surface area (Å²) >= 11 is 0. The van der Waals surface area contributed by atoms with Gasteiger partial charge in [0, 0.05) is 36.9 Å². The molecule has 2 aliphatic heterocycles. The Bertz CT molecular complexity index is 926. The quantitative estimate of drug-likeness (QED) is 0.505. The van der Waals surface area contributed by atoms with E-state index in [1.54, 1.807) is 0 Å². The monoisotopic (exact) mass is 412 g/mol. The van der Waals surface area contributed by atoms with Crippen molar-refractivity contribution in [2.75, 3.05) is 26.2 Å². The van der Waals surface area contributed by atoms with Crippen molar-refractivity contribution < 1.29 is 18.7 Å². The third-order valence-electron chi connectivity index (χ3n) is 6.18. The largest absolute Gasteiger partial charge is 0.490 e. The maximum atomic E-state index is 12.3. The first-order chi connectivity index (χ1) is 14.4. The van der Waals surface area contributed by atoms with Gasteiger partial charge in [-0.2, -0.15) is 0 Å². The highest BCUT2D eigenvalue weighted by atomic mass is 16.5. The number of nitrogens with zero attached hydrogens (tertiary/aromatic N) is 2. The van der Waals surface area contributed by atoms with Gasteiger partial charge in [-0.25, -0.2) is 0 Å². The SMILES string of the molecule is CCOc1cccc2c3c(oc12)CN(CCCCN1C(=O)CC(C)(C)CC1=O)CC3. The molecule has 0 radical (unpaired) electrons. The minimum atomic E-state index is -0.204. The zero-order valence-electron chi connectivity index (χ0n) is 18.3. The Morgan fingerprint density at radius 3 is 2.57 bits per heavy atom. The topological polar surface area (TPSA) is 63.0 Å². The van der Waals surface area contributed by atoms with Gasteiger partial charge in [0.25, 0.3) is 0 Å². The molecule has 2 amide bonds. The number of hydrogen-bond acceptors (Lipinski definition) is 5. The van der Waals surface area contributed by atoms with Crippen LogP contribution in [0.2, 0.25) is 0 Å². The highest BCUT2D eigenvalue weighted by molar-refractivity contribution is 5.98. The number of hydrogen-bond donors (Lipinski definition) is 0. The number of benzene rings is 1. The summed E-state index contributed by atoms with van der Waals surface area (Å²) in [4.78, 5) is 28.4. The molecule has 162 valence electrons. The van der Waals surface area contributed by atoms with Gasteiger partial charge in [0.1, 0.15) is 5.76 Å². The normalized spacial score (nSPS) is 19.4. The Kier molecular flexibility index (Phi) is 5.87. The molecule has 0 spiro atoms. The van der Waals surface area contributed by atoms with Crippen molar-refractivity contribution in [2.45, 2.75) is 59.4 Å². The number of imide groups is 1. The molecule has 1 fully saturated rings. The Morgan fingerprint density at radius 2 is 1.83 bits per heavy atom. The number of carbonyl (C=O) groups excluding carboxylic acids is 2. The summed E-state index contributed by atoms with van der Waals surface area (Å²) in [5, 5.41) is 1.17. The van der Waals surface area contributed by atoms with Crippen LogP contribution in [-0.4, -0.2) is 47.9 Å². The van der Waals surface area contributed by atoms with Crippen molar-refractivity contribution in [2.24, 2.45) is 5.41 Å². The number of fused-ring (bicyclic) bond motifs is 3. The molecular formula is C24H32N2O4. The first-order valence-corrected chi connectivity index (χ1v) is 11.1. The molecular weight excluding hydrogens is 380 g/mol. The standard InChI is InChI=1S/C24H32N2O4/c1-4-29-19-9-7-8-18-17-10-13-25(16-20(17)30-23(18)19)11-5-6-12-26-21(27)14-24(2,3)15-22(26)28/h7-9H,4-6,10-16H2,1-3H3. The zero-order valence-corrected chi connectivity index (χ0v) is 18.3. The van der Waals surface area contributed by atoms with Gasteiger partial charge in [-0.15, -0.1) is 0 Å². The number of unbranched alkanes of at least 4 members (excludes halogenated alkanes) is 1. The Hall–Kier alpha value is -2.34. The maximum absolute atomic E-state index is 12.3. The summed E-state index contributed by atoms with van der Waals surface area (Å²) in [6, 6.07) is 6.10. The van der Waals surface area contributed by atoms with Crippen LogP contribution < -0.4 is 4.74 Å². The Morgan fingerprint density at radius 1 is 1.10 bits per heavy atom. The van der Waals surface area contributed by atoms with Crippen LogP contribution in [0.4, 0.5) is 0 Å². The lowest BCUT2D eigenvalue weighted by atomic mass is 9.82. The smallest absolute Gasteiger partial charge is 0.229 e. The maximum Gasteiger partial charge on any atom is 0.229 e. The van der Waals surface area contributed by atoms with Crippen molar-refractivity contribution in [3.8, 4) is 5.75 Å². The first kappa shape index (κ1) is 20.9. The van der Waals surface area contributed by atoms with E-state index in [4.69, 9.17) is 9.15 Å². The number of rotatable bonds is 7. The summed E-state index contributed by atoms with van der Waals surface area (Å²) in [5.74, 6) is 1.81. The lowest BCUT2D eigenvalue weighted by Crippen LogP contribution is -2.46. The number of furan rings is 1. The Labute approximate surface area is 178 Å². The van der Waals surface area contributed by atoms with Gasteiger partial charge in [-0.05, 0) is 44.2 Å². The van der Waals surface area contributed by atoms with Crippen LogP contribution in [0.1, 0.15) is 57.8 Å². The molecule has 0 aliphatic carbocycles. The number of likely N-dealkylation sites (tertiary alicyclic amines) is 1. The lowest BCUT2D eigenvalue weighted by Gasteiger charge is -2.34. The zero-order chi connectivity index (χ0) is 21.3. The second-order valence-electron chi connectivity index (χ2n) is 9.26. The van der Waals surface area contributed by atoms with Crippen LogP contribution in [0.5, 0.6) is 5.75 Å². The van der Waals surface area contributed by atoms with E-state index in [1.165, 1.54) is 15.8 Å². The molecule has 6 nitrogen and oxygen atoms in total. The van der Waals surface area contributed by atoms with Gasteiger partial charge in [-0.1, -0.05) is 26.0 Å². The van der Waals surface area contributed by atoms with Crippen molar-refractivity contribution in [3.05, 3.63) is 29.5 Å². The predicted octanol–water partition coefficient (Wildman–Crippen LogP) is 4.15. The highest BCUT2D eigenvalue weighted by Crippen LogP contribution is 2.36. The van der Waals surface area contributed by atoms with Crippen LogP contribution in [-0.2, 0) is 22.6 Å². The fourth-order valence-electron chi connectivity index (χ4n) is 4.67. The van der Waals surface area contributed by atoms with E-state index in [-0.39, 0.29) is 17.2 Å². The van der Waals surface area contributed by atoms with Gasteiger partial charge in [0.05, 0.1) is 13.2 Å². The van der Waals surface area contributed by atoms with Gasteiger partial charge in [-0.3, -0.25) is 19.4 Å². The van der Waals surface area contributed by atoms with Crippen molar-refractivity contribution >= 4 is 22.8 Å². The number of para-hydroxylation sites is 1. The van der Waals surface area contributed by atoms with Gasteiger partial charge < -0.3 is 9.15 Å². The highest BCUT2D eigenvalue weighted by Gasteiger charge is 2.36. The minimum absolute atomic E-state index is 0.0220. The molecule has 1 saturated heterocycles. The number of amides is 2. The van der Waals surface area contributed by atoms with E-state index in [0.717, 1.165) is 56.0 Å². The van der Waals surface area contributed by atoms with Crippen LogP contribution >= 0.6 is 0 Å². The average molecular weight is 413 g/mol. The molecule has 0 bridgehead atoms. The van der Waals surface area contributed by atoms with Crippen LogP contribution in [0, 0.1) is 5.41 Å². The van der Waals surface area contributed by atoms with Crippen LogP contribution in [0.15, 0.2) is 22.6 Å². The average Bonchev–Trinajstić information content (AvgIpc) is 3.05. The summed E-state index contributed by atoms with van der Waals surface area (Å²) < 4.78 is 11.9. The summed E-state index contributed by atoms with van der Waals surface area (Å²) in [6.45, 7) is 9.85. The third kappa shape index (κ3) is 4.24.